The zero-order chi connectivity index (χ0) is 10.8. The fourth-order valence-electron chi connectivity index (χ4n) is 1.22. The van der Waals surface area contributed by atoms with Crippen LogP contribution in [0.25, 0.3) is 11.5 Å². The maximum atomic E-state index is 12.6. The largest absolute Gasteiger partial charge is 0.437 e. The molecule has 1 heterocycles. The first-order chi connectivity index (χ1) is 7.20. The number of benzene rings is 1. The molecule has 0 radical (unpaired) electrons. The van der Waals surface area contributed by atoms with E-state index >= 15 is 0 Å². The topological polar surface area (TPSA) is 48.0 Å². The van der Waals surface area contributed by atoms with Gasteiger partial charge in [0.2, 0.25) is 5.89 Å². The second-order valence-corrected chi connectivity index (χ2v) is 3.00. The van der Waals surface area contributed by atoms with Gasteiger partial charge in [-0.05, 0) is 31.2 Å². The fourth-order valence-corrected chi connectivity index (χ4v) is 1.22. The average Bonchev–Trinajstić information content (AvgIpc) is 2.61. The van der Waals surface area contributed by atoms with E-state index in [-0.39, 0.29) is 11.7 Å². The first-order valence-corrected chi connectivity index (χ1v) is 4.54. The van der Waals surface area contributed by atoms with E-state index in [9.17, 15) is 9.18 Å². The normalized spacial score (nSPS) is 10.5. The Labute approximate surface area is 85.0 Å². The molecule has 0 fully saturated rings. The third-order valence-electron chi connectivity index (χ3n) is 2.00. The van der Waals surface area contributed by atoms with Crippen molar-refractivity contribution >= 4 is 0 Å². The Kier molecular flexibility index (Phi) is 2.37. The first kappa shape index (κ1) is 9.64. The van der Waals surface area contributed by atoms with Gasteiger partial charge in [-0.15, -0.1) is 5.10 Å². The summed E-state index contributed by atoms with van der Waals surface area (Å²) < 4.78 is 18.7. The van der Waals surface area contributed by atoms with Crippen molar-refractivity contribution in [1.82, 2.24) is 9.78 Å². The molecular formula is C10H9FN2O2. The highest BCUT2D eigenvalue weighted by atomic mass is 19.1. The Morgan fingerprint density at radius 3 is 2.60 bits per heavy atom. The highest BCUT2D eigenvalue weighted by Gasteiger charge is 2.08. The van der Waals surface area contributed by atoms with Gasteiger partial charge >= 0.3 is 5.76 Å². The summed E-state index contributed by atoms with van der Waals surface area (Å²) in [6.45, 7) is 2.24. The van der Waals surface area contributed by atoms with E-state index in [2.05, 4.69) is 5.10 Å². The second kappa shape index (κ2) is 3.68. The molecule has 78 valence electrons. The van der Waals surface area contributed by atoms with Crippen LogP contribution in [0.15, 0.2) is 33.5 Å². The minimum atomic E-state index is -0.503. The standard InChI is InChI=1S/C10H9FN2O2/c1-2-13-10(14)15-9(12-13)7-3-5-8(11)6-4-7/h3-6H,2H2,1H3. The van der Waals surface area contributed by atoms with Crippen molar-refractivity contribution in [2.45, 2.75) is 13.5 Å². The molecule has 5 heteroatoms. The Balaban J connectivity index is 2.45. The van der Waals surface area contributed by atoms with E-state index < -0.39 is 5.76 Å². The highest BCUT2D eigenvalue weighted by molar-refractivity contribution is 5.51. The third-order valence-corrected chi connectivity index (χ3v) is 2.00. The number of hydrogen-bond donors (Lipinski definition) is 0. The monoisotopic (exact) mass is 208 g/mol. The van der Waals surface area contributed by atoms with Crippen LogP contribution in [0.5, 0.6) is 0 Å². The predicted octanol–water partition coefficient (Wildman–Crippen LogP) is 1.66. The molecule has 15 heavy (non-hydrogen) atoms. The quantitative estimate of drug-likeness (QED) is 0.754. The van der Waals surface area contributed by atoms with Gasteiger partial charge in [0.1, 0.15) is 5.82 Å². The smallest absolute Gasteiger partial charge is 0.388 e. The molecule has 0 spiro atoms. The van der Waals surface area contributed by atoms with Crippen molar-refractivity contribution in [3.8, 4) is 11.5 Å². The van der Waals surface area contributed by atoms with Crippen LogP contribution >= 0.6 is 0 Å². The molecule has 1 aromatic carbocycles. The van der Waals surface area contributed by atoms with Crippen LogP contribution in [0.4, 0.5) is 4.39 Å². The Morgan fingerprint density at radius 1 is 1.40 bits per heavy atom. The molecule has 0 bridgehead atoms. The molecule has 0 unspecified atom stereocenters. The molecule has 1 aromatic heterocycles. The molecule has 0 atom stereocenters. The number of rotatable bonds is 2. The molecule has 0 aliphatic heterocycles. The molecule has 4 nitrogen and oxygen atoms in total. The summed E-state index contributed by atoms with van der Waals surface area (Å²) in [6.07, 6.45) is 0. The van der Waals surface area contributed by atoms with Crippen LogP contribution in [-0.2, 0) is 6.54 Å². The number of nitrogens with zero attached hydrogens (tertiary/aromatic N) is 2. The first-order valence-electron chi connectivity index (χ1n) is 4.54. The van der Waals surface area contributed by atoms with Crippen LogP contribution in [-0.4, -0.2) is 9.78 Å². The lowest BCUT2D eigenvalue weighted by Crippen LogP contribution is -2.13. The van der Waals surface area contributed by atoms with Gasteiger partial charge in [-0.3, -0.25) is 0 Å². The highest BCUT2D eigenvalue weighted by Crippen LogP contribution is 2.15. The molecule has 0 aliphatic rings. The fraction of sp³-hybridized carbons (Fsp3) is 0.200. The molecule has 0 saturated heterocycles. The third kappa shape index (κ3) is 1.81. The van der Waals surface area contributed by atoms with Crippen molar-refractivity contribution in [2.24, 2.45) is 0 Å². The summed E-state index contributed by atoms with van der Waals surface area (Å²) in [5.41, 5.74) is 0.584. The minimum Gasteiger partial charge on any atom is -0.388 e. The predicted molar refractivity (Wildman–Crippen MR) is 51.8 cm³/mol. The van der Waals surface area contributed by atoms with Gasteiger partial charge in [-0.1, -0.05) is 0 Å². The summed E-state index contributed by atoms with van der Waals surface area (Å²) in [6, 6.07) is 5.61. The van der Waals surface area contributed by atoms with Crippen LogP contribution < -0.4 is 5.76 Å². The lowest BCUT2D eigenvalue weighted by atomic mass is 10.2. The van der Waals surface area contributed by atoms with E-state index in [0.29, 0.717) is 12.1 Å². The van der Waals surface area contributed by atoms with E-state index in [1.54, 1.807) is 6.92 Å². The van der Waals surface area contributed by atoms with E-state index in [0.717, 1.165) is 0 Å². The molecule has 0 aliphatic carbocycles. The van der Waals surface area contributed by atoms with Crippen molar-refractivity contribution in [2.75, 3.05) is 0 Å². The van der Waals surface area contributed by atoms with Gasteiger partial charge in [0.15, 0.2) is 0 Å². The Hall–Kier alpha value is -1.91. The summed E-state index contributed by atoms with van der Waals surface area (Å²) in [5, 5.41) is 3.94. The van der Waals surface area contributed by atoms with Gasteiger partial charge in [0.25, 0.3) is 0 Å². The van der Waals surface area contributed by atoms with Crippen LogP contribution in [0.1, 0.15) is 6.92 Å². The SMILES string of the molecule is CCn1nc(-c2ccc(F)cc2)oc1=O. The van der Waals surface area contributed by atoms with Crippen molar-refractivity contribution in [1.29, 1.82) is 0 Å². The van der Waals surface area contributed by atoms with E-state index in [1.807, 2.05) is 0 Å². The zero-order valence-electron chi connectivity index (χ0n) is 8.11. The van der Waals surface area contributed by atoms with Gasteiger partial charge in [-0.25, -0.2) is 9.18 Å². The van der Waals surface area contributed by atoms with E-state index in [1.165, 1.54) is 28.9 Å². The van der Waals surface area contributed by atoms with Crippen molar-refractivity contribution in [3.63, 3.8) is 0 Å². The van der Waals surface area contributed by atoms with Crippen molar-refractivity contribution < 1.29 is 8.81 Å². The molecule has 0 saturated carbocycles. The zero-order valence-corrected chi connectivity index (χ0v) is 8.11. The van der Waals surface area contributed by atoms with Crippen molar-refractivity contribution in [3.05, 3.63) is 40.6 Å². The lowest BCUT2D eigenvalue weighted by molar-refractivity contribution is 0.490. The number of aryl methyl sites for hydroxylation is 1. The summed E-state index contributed by atoms with van der Waals surface area (Å²) in [7, 11) is 0. The minimum absolute atomic E-state index is 0.210. The Morgan fingerprint density at radius 2 is 2.07 bits per heavy atom. The number of halogens is 1. The van der Waals surface area contributed by atoms with Crippen LogP contribution in [0.2, 0.25) is 0 Å². The van der Waals surface area contributed by atoms with Gasteiger partial charge in [0.05, 0.1) is 0 Å². The summed E-state index contributed by atoms with van der Waals surface area (Å²) in [4.78, 5) is 11.2. The van der Waals surface area contributed by atoms with Gasteiger partial charge in [0, 0.05) is 12.1 Å². The number of aromatic nitrogens is 2. The Bertz CT molecular complexity index is 513. The summed E-state index contributed by atoms with van der Waals surface area (Å²) >= 11 is 0. The molecule has 2 rings (SSSR count). The second-order valence-electron chi connectivity index (χ2n) is 3.00. The van der Waals surface area contributed by atoms with Gasteiger partial charge in [-0.2, -0.15) is 4.68 Å². The van der Waals surface area contributed by atoms with Crippen LogP contribution in [0.3, 0.4) is 0 Å². The molecule has 2 aromatic rings. The molecule has 0 amide bonds. The lowest BCUT2D eigenvalue weighted by Gasteiger charge is -1.92. The number of hydrogen-bond acceptors (Lipinski definition) is 3. The van der Waals surface area contributed by atoms with Crippen LogP contribution in [0, 0.1) is 5.82 Å². The average molecular weight is 208 g/mol. The molecule has 0 N–H and O–H groups in total. The van der Waals surface area contributed by atoms with Gasteiger partial charge < -0.3 is 4.42 Å². The maximum absolute atomic E-state index is 12.6. The van der Waals surface area contributed by atoms with E-state index in [4.69, 9.17) is 4.42 Å². The molecular weight excluding hydrogens is 199 g/mol. The summed E-state index contributed by atoms with van der Waals surface area (Å²) in [5.74, 6) is -0.630. The maximum Gasteiger partial charge on any atom is 0.437 e.